The fourth-order valence-corrected chi connectivity index (χ4v) is 2.12. The van der Waals surface area contributed by atoms with Crippen LogP contribution in [0.15, 0.2) is 16.5 Å². The zero-order valence-corrected chi connectivity index (χ0v) is 10.6. The van der Waals surface area contributed by atoms with Crippen LogP contribution in [0.4, 0.5) is 0 Å². The van der Waals surface area contributed by atoms with Crippen LogP contribution in [0.25, 0.3) is 0 Å². The Hall–Kier alpha value is -0.940. The lowest BCUT2D eigenvalue weighted by atomic mass is 10.4. The number of furan rings is 1. The Kier molecular flexibility index (Phi) is 5.42. The first kappa shape index (κ1) is 13.1. The SMILES string of the molecule is CN(C)Cc1ccc(CSCCC(=N)N)o1. The maximum absolute atomic E-state index is 7.09. The molecule has 1 aromatic heterocycles. The highest BCUT2D eigenvalue weighted by atomic mass is 32.2. The van der Waals surface area contributed by atoms with Crippen molar-refractivity contribution in [2.45, 2.75) is 18.7 Å². The van der Waals surface area contributed by atoms with E-state index in [-0.39, 0.29) is 5.84 Å². The highest BCUT2D eigenvalue weighted by Gasteiger charge is 2.03. The summed E-state index contributed by atoms with van der Waals surface area (Å²) in [5.74, 6) is 3.96. The first-order chi connectivity index (χ1) is 7.58. The van der Waals surface area contributed by atoms with Gasteiger partial charge >= 0.3 is 0 Å². The first-order valence-corrected chi connectivity index (χ1v) is 6.36. The lowest BCUT2D eigenvalue weighted by Gasteiger charge is -2.05. The fraction of sp³-hybridized carbons (Fsp3) is 0.545. The average molecular weight is 241 g/mol. The van der Waals surface area contributed by atoms with Crippen LogP contribution in [0.3, 0.4) is 0 Å². The van der Waals surface area contributed by atoms with Crippen LogP contribution in [0, 0.1) is 5.41 Å². The van der Waals surface area contributed by atoms with Crippen molar-refractivity contribution >= 4 is 17.6 Å². The van der Waals surface area contributed by atoms with Crippen molar-refractivity contribution in [3.05, 3.63) is 23.7 Å². The minimum atomic E-state index is 0.250. The van der Waals surface area contributed by atoms with E-state index in [1.807, 2.05) is 26.2 Å². The third-order valence-electron chi connectivity index (χ3n) is 1.95. The fourth-order valence-electron chi connectivity index (χ4n) is 1.25. The molecule has 0 spiro atoms. The second kappa shape index (κ2) is 6.60. The van der Waals surface area contributed by atoms with Gasteiger partial charge in [0.15, 0.2) is 0 Å². The van der Waals surface area contributed by atoms with E-state index in [9.17, 15) is 0 Å². The molecule has 5 heteroatoms. The molecule has 90 valence electrons. The van der Waals surface area contributed by atoms with Gasteiger partial charge < -0.3 is 15.1 Å². The molecular weight excluding hydrogens is 222 g/mol. The number of nitrogens with two attached hydrogens (primary N) is 1. The topological polar surface area (TPSA) is 66.2 Å². The van der Waals surface area contributed by atoms with Gasteiger partial charge in [0, 0.05) is 12.2 Å². The van der Waals surface area contributed by atoms with Crippen LogP contribution >= 0.6 is 11.8 Å². The lowest BCUT2D eigenvalue weighted by Crippen LogP contribution is -2.10. The number of nitrogens with one attached hydrogen (secondary N) is 1. The third kappa shape index (κ3) is 5.23. The molecule has 0 saturated carbocycles. The minimum absolute atomic E-state index is 0.250. The summed E-state index contributed by atoms with van der Waals surface area (Å²) in [5.41, 5.74) is 5.27. The first-order valence-electron chi connectivity index (χ1n) is 5.21. The Bertz CT molecular complexity index is 336. The van der Waals surface area contributed by atoms with Crippen molar-refractivity contribution in [2.24, 2.45) is 5.73 Å². The molecule has 4 nitrogen and oxygen atoms in total. The summed E-state index contributed by atoms with van der Waals surface area (Å²) in [7, 11) is 4.04. The van der Waals surface area contributed by atoms with Crippen LogP contribution < -0.4 is 5.73 Å². The highest BCUT2D eigenvalue weighted by molar-refractivity contribution is 7.98. The zero-order valence-electron chi connectivity index (χ0n) is 9.82. The van der Waals surface area contributed by atoms with Gasteiger partial charge in [-0.25, -0.2) is 0 Å². The molecule has 1 heterocycles. The molecule has 0 aromatic carbocycles. The normalized spacial score (nSPS) is 10.9. The number of hydrogen-bond donors (Lipinski definition) is 2. The van der Waals surface area contributed by atoms with E-state index in [1.165, 1.54) is 0 Å². The summed E-state index contributed by atoms with van der Waals surface area (Å²) in [6.45, 7) is 0.831. The summed E-state index contributed by atoms with van der Waals surface area (Å²) in [6, 6.07) is 4.03. The average Bonchev–Trinajstić information content (AvgIpc) is 2.59. The van der Waals surface area contributed by atoms with Gasteiger partial charge in [0.25, 0.3) is 0 Å². The third-order valence-corrected chi connectivity index (χ3v) is 2.93. The summed E-state index contributed by atoms with van der Waals surface area (Å²) < 4.78 is 5.65. The van der Waals surface area contributed by atoms with Gasteiger partial charge in [-0.1, -0.05) is 0 Å². The summed E-state index contributed by atoms with van der Waals surface area (Å²) >= 11 is 1.74. The Balaban J connectivity index is 2.26. The highest BCUT2D eigenvalue weighted by Crippen LogP contribution is 2.16. The quantitative estimate of drug-likeness (QED) is 0.435. The van der Waals surface area contributed by atoms with E-state index in [0.29, 0.717) is 6.42 Å². The molecule has 0 radical (unpaired) electrons. The van der Waals surface area contributed by atoms with E-state index in [2.05, 4.69) is 4.90 Å². The Morgan fingerprint density at radius 1 is 1.44 bits per heavy atom. The van der Waals surface area contributed by atoms with Gasteiger partial charge in [-0.05, 0) is 26.2 Å². The monoisotopic (exact) mass is 241 g/mol. The number of amidine groups is 1. The molecule has 16 heavy (non-hydrogen) atoms. The van der Waals surface area contributed by atoms with E-state index >= 15 is 0 Å². The van der Waals surface area contributed by atoms with Crippen molar-refractivity contribution in [1.82, 2.24) is 4.90 Å². The molecule has 0 unspecified atom stereocenters. The molecule has 1 aromatic rings. The molecule has 3 N–H and O–H groups in total. The van der Waals surface area contributed by atoms with Crippen LogP contribution in [0.1, 0.15) is 17.9 Å². The number of nitrogens with zero attached hydrogens (tertiary/aromatic N) is 1. The molecule has 0 saturated heterocycles. The van der Waals surface area contributed by atoms with Gasteiger partial charge in [0.05, 0.1) is 18.1 Å². The number of rotatable bonds is 7. The van der Waals surface area contributed by atoms with E-state index in [4.69, 9.17) is 15.6 Å². The van der Waals surface area contributed by atoms with Crippen molar-refractivity contribution in [3.63, 3.8) is 0 Å². The van der Waals surface area contributed by atoms with Crippen LogP contribution in [-0.2, 0) is 12.3 Å². The van der Waals surface area contributed by atoms with Crippen LogP contribution in [0.5, 0.6) is 0 Å². The zero-order chi connectivity index (χ0) is 12.0. The maximum atomic E-state index is 7.09. The molecule has 0 amide bonds. The van der Waals surface area contributed by atoms with E-state index in [1.54, 1.807) is 11.8 Å². The number of thioether (sulfide) groups is 1. The van der Waals surface area contributed by atoms with Crippen molar-refractivity contribution in [2.75, 3.05) is 19.8 Å². The predicted octanol–water partition coefficient (Wildman–Crippen LogP) is 1.90. The maximum Gasteiger partial charge on any atom is 0.118 e. The summed E-state index contributed by atoms with van der Waals surface area (Å²) in [6.07, 6.45) is 0.649. The van der Waals surface area contributed by atoms with Crippen LogP contribution in [0.2, 0.25) is 0 Å². The molecule has 0 atom stereocenters. The van der Waals surface area contributed by atoms with Gasteiger partial charge in [0.1, 0.15) is 11.5 Å². The largest absolute Gasteiger partial charge is 0.464 e. The van der Waals surface area contributed by atoms with Gasteiger partial charge in [-0.15, -0.1) is 0 Å². The standard InChI is InChI=1S/C11H19N3OS/c1-14(2)7-9-3-4-10(15-9)8-16-6-5-11(12)13/h3-4H,5-8H2,1-2H3,(H3,12,13). The lowest BCUT2D eigenvalue weighted by molar-refractivity contribution is 0.344. The minimum Gasteiger partial charge on any atom is -0.464 e. The van der Waals surface area contributed by atoms with Crippen LogP contribution in [-0.4, -0.2) is 30.6 Å². The van der Waals surface area contributed by atoms with Gasteiger partial charge in [0.2, 0.25) is 0 Å². The molecule has 0 fully saturated rings. The summed E-state index contributed by atoms with van der Waals surface area (Å²) in [5, 5.41) is 7.09. The van der Waals surface area contributed by atoms with Crippen molar-refractivity contribution < 1.29 is 4.42 Å². The van der Waals surface area contributed by atoms with Crippen molar-refractivity contribution in [3.8, 4) is 0 Å². The Morgan fingerprint density at radius 2 is 2.12 bits per heavy atom. The van der Waals surface area contributed by atoms with E-state index < -0.39 is 0 Å². The molecular formula is C11H19N3OS. The van der Waals surface area contributed by atoms with Gasteiger partial charge in [-0.3, -0.25) is 5.41 Å². The number of hydrogen-bond acceptors (Lipinski definition) is 4. The molecule has 0 aliphatic heterocycles. The van der Waals surface area contributed by atoms with Gasteiger partial charge in [-0.2, -0.15) is 11.8 Å². The Morgan fingerprint density at radius 3 is 2.75 bits per heavy atom. The second-order valence-corrected chi connectivity index (χ2v) is 5.04. The summed E-state index contributed by atoms with van der Waals surface area (Å²) in [4.78, 5) is 2.07. The second-order valence-electron chi connectivity index (χ2n) is 3.93. The molecule has 0 bridgehead atoms. The molecule has 0 aliphatic carbocycles. The smallest absolute Gasteiger partial charge is 0.118 e. The predicted molar refractivity (Wildman–Crippen MR) is 68.8 cm³/mol. The molecule has 0 aliphatic rings. The van der Waals surface area contributed by atoms with Crippen molar-refractivity contribution in [1.29, 1.82) is 5.41 Å². The Labute approximate surface area is 101 Å². The van der Waals surface area contributed by atoms with E-state index in [0.717, 1.165) is 29.6 Å². The molecule has 1 rings (SSSR count).